The maximum Gasteiger partial charge on any atom is 0.224 e. The van der Waals surface area contributed by atoms with Gasteiger partial charge in [0.15, 0.2) is 0 Å². The van der Waals surface area contributed by atoms with E-state index in [9.17, 15) is 4.79 Å². The number of hydrogen-bond acceptors (Lipinski definition) is 2. The van der Waals surface area contributed by atoms with Crippen LogP contribution in [-0.4, -0.2) is 29.9 Å². The van der Waals surface area contributed by atoms with E-state index in [0.717, 1.165) is 25.1 Å². The third kappa shape index (κ3) is 4.24. The van der Waals surface area contributed by atoms with Crippen molar-refractivity contribution in [2.45, 2.75) is 39.3 Å². The van der Waals surface area contributed by atoms with Crippen molar-refractivity contribution >= 4 is 5.91 Å². The molecule has 0 saturated carbocycles. The molecular formula is C21H26N2O. The van der Waals surface area contributed by atoms with Gasteiger partial charge < -0.3 is 5.32 Å². The molecule has 1 aliphatic heterocycles. The summed E-state index contributed by atoms with van der Waals surface area (Å²) in [7, 11) is 0. The molecule has 3 heteroatoms. The van der Waals surface area contributed by atoms with Crippen LogP contribution in [0.1, 0.15) is 29.2 Å². The Bertz CT molecular complexity index is 693. The van der Waals surface area contributed by atoms with Gasteiger partial charge in [-0.15, -0.1) is 0 Å². The van der Waals surface area contributed by atoms with Crippen LogP contribution in [0.5, 0.6) is 0 Å². The average Bonchev–Trinajstić information content (AvgIpc) is 2.61. The highest BCUT2D eigenvalue weighted by atomic mass is 16.1. The van der Waals surface area contributed by atoms with Crippen molar-refractivity contribution in [3.63, 3.8) is 0 Å². The number of aryl methyl sites for hydroxylation is 1. The smallest absolute Gasteiger partial charge is 0.224 e. The van der Waals surface area contributed by atoms with Gasteiger partial charge in [0.2, 0.25) is 5.91 Å². The molecular weight excluding hydrogens is 296 g/mol. The highest BCUT2D eigenvalue weighted by molar-refractivity contribution is 5.78. The summed E-state index contributed by atoms with van der Waals surface area (Å²) in [6.07, 6.45) is 1.55. The number of nitrogens with one attached hydrogen (secondary N) is 1. The van der Waals surface area contributed by atoms with E-state index in [4.69, 9.17) is 0 Å². The molecule has 126 valence electrons. The van der Waals surface area contributed by atoms with Crippen molar-refractivity contribution in [1.82, 2.24) is 10.2 Å². The molecule has 2 aromatic carbocycles. The molecule has 0 aromatic heterocycles. The van der Waals surface area contributed by atoms with Crippen LogP contribution in [-0.2, 0) is 24.2 Å². The highest BCUT2D eigenvalue weighted by Gasteiger charge is 2.20. The quantitative estimate of drug-likeness (QED) is 0.917. The fraction of sp³-hybridized carbons (Fsp3) is 0.381. The Morgan fingerprint density at radius 3 is 2.58 bits per heavy atom. The van der Waals surface area contributed by atoms with Gasteiger partial charge in [-0.2, -0.15) is 0 Å². The summed E-state index contributed by atoms with van der Waals surface area (Å²) in [6.45, 7) is 6.99. The zero-order valence-electron chi connectivity index (χ0n) is 14.6. The second kappa shape index (κ2) is 7.63. The number of fused-ring (bicyclic) bond motifs is 1. The lowest BCUT2D eigenvalue weighted by Gasteiger charge is -2.33. The van der Waals surface area contributed by atoms with Crippen LogP contribution in [0, 0.1) is 6.92 Å². The summed E-state index contributed by atoms with van der Waals surface area (Å²) >= 11 is 0. The Balaban J connectivity index is 1.48. The summed E-state index contributed by atoms with van der Waals surface area (Å²) in [5.74, 6) is 0.100. The molecule has 24 heavy (non-hydrogen) atoms. The van der Waals surface area contributed by atoms with E-state index in [1.807, 2.05) is 12.1 Å². The normalized spacial score (nSPS) is 15.6. The Morgan fingerprint density at radius 2 is 1.83 bits per heavy atom. The Morgan fingerprint density at radius 1 is 1.12 bits per heavy atom. The van der Waals surface area contributed by atoms with Crippen LogP contribution in [0.15, 0.2) is 48.5 Å². The Labute approximate surface area is 144 Å². The lowest BCUT2D eigenvalue weighted by molar-refractivity contribution is -0.120. The number of carbonyl (C=O) groups excluding carboxylic acids is 1. The lowest BCUT2D eigenvalue weighted by atomic mass is 9.99. The summed E-state index contributed by atoms with van der Waals surface area (Å²) in [5.41, 5.74) is 5.17. The number of amides is 1. The number of carbonyl (C=O) groups is 1. The molecule has 3 nitrogen and oxygen atoms in total. The standard InChI is InChI=1S/C21H26N2O/c1-16-7-9-18(10-8-16)13-21(24)22-14-17(2)23-12-11-19-5-3-4-6-20(19)15-23/h3-10,17H,11-15H2,1-2H3,(H,22,24). The van der Waals surface area contributed by atoms with E-state index >= 15 is 0 Å². The second-order valence-electron chi connectivity index (χ2n) is 6.80. The topological polar surface area (TPSA) is 32.3 Å². The molecule has 0 saturated heterocycles. The van der Waals surface area contributed by atoms with Gasteiger partial charge >= 0.3 is 0 Å². The van der Waals surface area contributed by atoms with Gasteiger partial charge in [-0.25, -0.2) is 0 Å². The number of benzene rings is 2. The van der Waals surface area contributed by atoms with Crippen molar-refractivity contribution in [2.24, 2.45) is 0 Å². The molecule has 3 rings (SSSR count). The molecule has 0 fully saturated rings. The largest absolute Gasteiger partial charge is 0.354 e. The van der Waals surface area contributed by atoms with Crippen molar-refractivity contribution in [3.05, 3.63) is 70.8 Å². The highest BCUT2D eigenvalue weighted by Crippen LogP contribution is 2.19. The second-order valence-corrected chi connectivity index (χ2v) is 6.80. The first-order valence-corrected chi connectivity index (χ1v) is 8.75. The van der Waals surface area contributed by atoms with Gasteiger partial charge in [0.1, 0.15) is 0 Å². The van der Waals surface area contributed by atoms with Crippen molar-refractivity contribution < 1.29 is 4.79 Å². The predicted octanol–water partition coefficient (Wildman–Crippen LogP) is 3.10. The molecule has 0 spiro atoms. The van der Waals surface area contributed by atoms with Gasteiger partial charge in [0, 0.05) is 25.7 Å². The van der Waals surface area contributed by atoms with Gasteiger partial charge in [0.05, 0.1) is 6.42 Å². The first kappa shape index (κ1) is 16.7. The number of rotatable bonds is 5. The maximum atomic E-state index is 12.2. The van der Waals surface area contributed by atoms with E-state index < -0.39 is 0 Å². The number of nitrogens with zero attached hydrogens (tertiary/aromatic N) is 1. The molecule has 1 aliphatic rings. The van der Waals surface area contributed by atoms with Crippen LogP contribution >= 0.6 is 0 Å². The number of hydrogen-bond donors (Lipinski definition) is 1. The van der Waals surface area contributed by atoms with E-state index in [2.05, 4.69) is 60.5 Å². The first-order valence-electron chi connectivity index (χ1n) is 8.75. The molecule has 1 amide bonds. The van der Waals surface area contributed by atoms with Crippen LogP contribution in [0.3, 0.4) is 0 Å². The maximum absolute atomic E-state index is 12.2. The molecule has 0 aliphatic carbocycles. The lowest BCUT2D eigenvalue weighted by Crippen LogP contribution is -2.44. The van der Waals surface area contributed by atoms with Gasteiger partial charge in [0.25, 0.3) is 0 Å². The first-order chi connectivity index (χ1) is 11.6. The molecule has 0 radical (unpaired) electrons. The molecule has 1 heterocycles. The summed E-state index contributed by atoms with van der Waals surface area (Å²) in [6, 6.07) is 17.2. The van der Waals surface area contributed by atoms with E-state index in [1.165, 1.54) is 16.7 Å². The predicted molar refractivity (Wildman–Crippen MR) is 97.9 cm³/mol. The Kier molecular flexibility index (Phi) is 5.31. The van der Waals surface area contributed by atoms with Crippen LogP contribution < -0.4 is 5.32 Å². The molecule has 1 N–H and O–H groups in total. The SMILES string of the molecule is Cc1ccc(CC(=O)NCC(C)N2CCc3ccccc3C2)cc1. The van der Waals surface area contributed by atoms with Crippen LogP contribution in [0.4, 0.5) is 0 Å². The zero-order valence-corrected chi connectivity index (χ0v) is 14.6. The summed E-state index contributed by atoms with van der Waals surface area (Å²) in [4.78, 5) is 14.6. The fourth-order valence-corrected chi connectivity index (χ4v) is 3.24. The minimum absolute atomic E-state index is 0.100. The molecule has 1 atom stereocenters. The zero-order chi connectivity index (χ0) is 16.9. The minimum atomic E-state index is 0.100. The Hall–Kier alpha value is -2.13. The van der Waals surface area contributed by atoms with Crippen molar-refractivity contribution in [3.8, 4) is 0 Å². The summed E-state index contributed by atoms with van der Waals surface area (Å²) < 4.78 is 0. The van der Waals surface area contributed by atoms with E-state index in [0.29, 0.717) is 19.0 Å². The van der Waals surface area contributed by atoms with E-state index in [1.54, 1.807) is 0 Å². The average molecular weight is 322 g/mol. The van der Waals surface area contributed by atoms with Crippen molar-refractivity contribution in [2.75, 3.05) is 13.1 Å². The van der Waals surface area contributed by atoms with Gasteiger partial charge in [-0.05, 0) is 37.0 Å². The van der Waals surface area contributed by atoms with Crippen molar-refractivity contribution in [1.29, 1.82) is 0 Å². The van der Waals surface area contributed by atoms with Gasteiger partial charge in [-0.1, -0.05) is 54.1 Å². The van der Waals surface area contributed by atoms with Gasteiger partial charge in [-0.3, -0.25) is 9.69 Å². The van der Waals surface area contributed by atoms with E-state index in [-0.39, 0.29) is 5.91 Å². The summed E-state index contributed by atoms with van der Waals surface area (Å²) in [5, 5.41) is 3.09. The molecule has 1 unspecified atom stereocenters. The molecule has 2 aromatic rings. The third-order valence-corrected chi connectivity index (χ3v) is 4.86. The third-order valence-electron chi connectivity index (χ3n) is 4.86. The fourth-order valence-electron chi connectivity index (χ4n) is 3.24. The van der Waals surface area contributed by atoms with Crippen LogP contribution in [0.25, 0.3) is 0 Å². The minimum Gasteiger partial charge on any atom is -0.354 e. The van der Waals surface area contributed by atoms with Crippen LogP contribution in [0.2, 0.25) is 0 Å². The monoisotopic (exact) mass is 322 g/mol. The molecule has 0 bridgehead atoms.